The number of fused-ring (bicyclic) bond motifs is 3. The molecule has 2 aromatic rings. The van der Waals surface area contributed by atoms with Crippen LogP contribution in [0.5, 0.6) is 0 Å². The Kier molecular flexibility index (Phi) is 3.75. The van der Waals surface area contributed by atoms with E-state index in [2.05, 4.69) is 64.9 Å². The summed E-state index contributed by atoms with van der Waals surface area (Å²) in [5.74, 6) is 0.0713. The van der Waals surface area contributed by atoms with Gasteiger partial charge in [0.2, 0.25) is 5.91 Å². The van der Waals surface area contributed by atoms with E-state index < -0.39 is 2.14 Å². The Morgan fingerprint density at radius 3 is 2.70 bits per heavy atom. The summed E-state index contributed by atoms with van der Waals surface area (Å²) in [6.45, 7) is 2.33. The highest BCUT2D eigenvalue weighted by molar-refractivity contribution is 9.39. The second-order valence-electron chi connectivity index (χ2n) is 4.97. The van der Waals surface area contributed by atoms with Crippen LogP contribution in [0, 0.1) is 0 Å². The quantitative estimate of drug-likeness (QED) is 0.574. The summed E-state index contributed by atoms with van der Waals surface area (Å²) in [4.78, 5) is 17.3. The fourth-order valence-electron chi connectivity index (χ4n) is 2.92. The second kappa shape index (κ2) is 5.14. The molecule has 1 atom stereocenters. The number of aromatic amines is 1. The van der Waals surface area contributed by atoms with Gasteiger partial charge in [0, 0.05) is 30.1 Å². The fourth-order valence-corrected chi connectivity index (χ4v) is 4.35. The molecule has 0 radical (unpaired) electrons. The molecule has 0 spiro atoms. The average Bonchev–Trinajstić information content (AvgIpc) is 2.74. The first-order valence-corrected chi connectivity index (χ1v) is 8.71. The van der Waals surface area contributed by atoms with Crippen LogP contribution in [0.15, 0.2) is 24.3 Å². The van der Waals surface area contributed by atoms with Crippen LogP contribution in [0.2, 0.25) is 0 Å². The molecule has 1 aromatic heterocycles. The van der Waals surface area contributed by atoms with Gasteiger partial charge < -0.3 is 9.88 Å². The second-order valence-corrected chi connectivity index (χ2v) is 11.9. The van der Waals surface area contributed by atoms with E-state index in [1.54, 1.807) is 6.92 Å². The van der Waals surface area contributed by atoms with E-state index in [1.165, 1.54) is 10.9 Å². The summed E-state index contributed by atoms with van der Waals surface area (Å²) in [5.41, 5.74) is 3.49. The molecule has 6 heteroatoms. The maximum Gasteiger partial charge on any atom is 0.220 e. The van der Waals surface area contributed by atoms with Gasteiger partial charge in [-0.15, -0.1) is 0 Å². The minimum atomic E-state index is -0.547. The van der Waals surface area contributed by atoms with E-state index in [1.807, 2.05) is 17.0 Å². The van der Waals surface area contributed by atoms with Gasteiger partial charge in [-0.1, -0.05) is 66.0 Å². The van der Waals surface area contributed by atoms with Crippen molar-refractivity contribution in [3.8, 4) is 0 Å². The van der Waals surface area contributed by atoms with Crippen LogP contribution in [0.3, 0.4) is 0 Å². The summed E-state index contributed by atoms with van der Waals surface area (Å²) in [7, 11) is 0. The van der Waals surface area contributed by atoms with Gasteiger partial charge in [0.1, 0.15) is 6.04 Å². The number of halogens is 3. The Bertz CT molecular complexity index is 675. The lowest BCUT2D eigenvalue weighted by atomic mass is 9.98. The first-order valence-electron chi connectivity index (χ1n) is 6.33. The standard InChI is InChI=1S/C14H13Br3N2O/c1-8(20)19-7-6-10-9-4-2-3-5-11(9)18-12(10)13(19)14(15,16)17/h2-5,13,18H,6-7H2,1H3. The number of nitrogens with zero attached hydrogens (tertiary/aromatic N) is 1. The van der Waals surface area contributed by atoms with Crippen LogP contribution >= 0.6 is 47.8 Å². The number of carbonyl (C=O) groups is 1. The van der Waals surface area contributed by atoms with E-state index in [-0.39, 0.29) is 11.9 Å². The molecule has 20 heavy (non-hydrogen) atoms. The summed E-state index contributed by atoms with van der Waals surface area (Å²) in [5, 5.41) is 1.24. The lowest BCUT2D eigenvalue weighted by Crippen LogP contribution is -2.43. The first-order chi connectivity index (χ1) is 9.39. The van der Waals surface area contributed by atoms with E-state index in [4.69, 9.17) is 0 Å². The lowest BCUT2D eigenvalue weighted by molar-refractivity contribution is -0.131. The van der Waals surface area contributed by atoms with Gasteiger partial charge in [0.25, 0.3) is 0 Å². The van der Waals surface area contributed by atoms with Gasteiger partial charge in [0.15, 0.2) is 2.14 Å². The van der Waals surface area contributed by atoms with E-state index in [0.29, 0.717) is 0 Å². The van der Waals surface area contributed by atoms with Gasteiger partial charge in [-0.3, -0.25) is 4.79 Å². The number of H-pyrrole nitrogens is 1. The number of para-hydroxylation sites is 1. The molecule has 1 amide bonds. The first kappa shape index (κ1) is 14.6. The third-order valence-electron chi connectivity index (χ3n) is 3.75. The molecule has 0 aliphatic carbocycles. The highest BCUT2D eigenvalue weighted by Gasteiger charge is 2.43. The Morgan fingerprint density at radius 2 is 2.05 bits per heavy atom. The number of alkyl halides is 3. The van der Waals surface area contributed by atoms with E-state index in [9.17, 15) is 4.79 Å². The largest absolute Gasteiger partial charge is 0.356 e. The van der Waals surface area contributed by atoms with Crippen molar-refractivity contribution in [2.24, 2.45) is 0 Å². The van der Waals surface area contributed by atoms with Gasteiger partial charge >= 0.3 is 0 Å². The zero-order valence-electron chi connectivity index (χ0n) is 10.8. The predicted octanol–water partition coefficient (Wildman–Crippen LogP) is 4.45. The Labute approximate surface area is 142 Å². The molecule has 0 saturated heterocycles. The lowest BCUT2D eigenvalue weighted by Gasteiger charge is -2.39. The maximum atomic E-state index is 11.9. The van der Waals surface area contributed by atoms with Crippen molar-refractivity contribution in [3.63, 3.8) is 0 Å². The third kappa shape index (κ3) is 2.35. The van der Waals surface area contributed by atoms with E-state index in [0.717, 1.165) is 24.2 Å². The van der Waals surface area contributed by atoms with Crippen molar-refractivity contribution in [2.45, 2.75) is 21.5 Å². The smallest absolute Gasteiger partial charge is 0.220 e. The molecule has 0 fully saturated rings. The molecule has 106 valence electrons. The van der Waals surface area contributed by atoms with Crippen LogP contribution in [0.4, 0.5) is 0 Å². The van der Waals surface area contributed by atoms with Crippen LogP contribution in [-0.2, 0) is 11.2 Å². The number of rotatable bonds is 0. The molecule has 1 aliphatic heterocycles. The van der Waals surface area contributed by atoms with Crippen LogP contribution < -0.4 is 0 Å². The van der Waals surface area contributed by atoms with Crippen molar-refractivity contribution in [1.29, 1.82) is 0 Å². The number of nitrogens with one attached hydrogen (secondary N) is 1. The monoisotopic (exact) mass is 462 g/mol. The molecule has 2 heterocycles. The molecule has 0 bridgehead atoms. The van der Waals surface area contributed by atoms with Crippen molar-refractivity contribution in [1.82, 2.24) is 9.88 Å². The SMILES string of the molecule is CC(=O)N1CCc2c([nH]c3ccccc23)C1C(Br)(Br)Br. The number of benzene rings is 1. The normalized spacial score (nSPS) is 19.2. The molecule has 1 aliphatic rings. The van der Waals surface area contributed by atoms with Crippen molar-refractivity contribution in [2.75, 3.05) is 6.54 Å². The summed E-state index contributed by atoms with van der Waals surface area (Å²) in [6.07, 6.45) is 0.874. The topological polar surface area (TPSA) is 36.1 Å². The molecule has 3 rings (SSSR count). The highest BCUT2D eigenvalue weighted by atomic mass is 80.0. The van der Waals surface area contributed by atoms with Gasteiger partial charge in [0.05, 0.1) is 0 Å². The molecule has 1 unspecified atom stereocenters. The summed E-state index contributed by atoms with van der Waals surface area (Å²) >= 11 is 10.8. The number of carbonyl (C=O) groups excluding carboxylic acids is 1. The van der Waals surface area contributed by atoms with Gasteiger partial charge in [-0.25, -0.2) is 0 Å². The third-order valence-corrected chi connectivity index (χ3v) is 5.05. The summed E-state index contributed by atoms with van der Waals surface area (Å²) < 4.78 is -0.547. The molecule has 1 aromatic carbocycles. The fraction of sp³-hybridized carbons (Fsp3) is 0.357. The number of hydrogen-bond acceptors (Lipinski definition) is 1. The van der Waals surface area contributed by atoms with Crippen LogP contribution in [0.1, 0.15) is 24.2 Å². The molecular formula is C14H13Br3N2O. The molecular weight excluding hydrogens is 452 g/mol. The zero-order valence-corrected chi connectivity index (χ0v) is 15.5. The van der Waals surface area contributed by atoms with Crippen molar-refractivity contribution < 1.29 is 4.79 Å². The number of hydrogen-bond donors (Lipinski definition) is 1. The highest BCUT2D eigenvalue weighted by Crippen LogP contribution is 2.51. The molecule has 1 N–H and O–H groups in total. The van der Waals surface area contributed by atoms with Crippen molar-refractivity contribution >= 4 is 64.6 Å². The van der Waals surface area contributed by atoms with Gasteiger partial charge in [-0.05, 0) is 18.1 Å². The van der Waals surface area contributed by atoms with Crippen molar-refractivity contribution in [3.05, 3.63) is 35.5 Å². The molecule has 0 saturated carbocycles. The van der Waals surface area contributed by atoms with Crippen LogP contribution in [-0.4, -0.2) is 24.5 Å². The number of aromatic nitrogens is 1. The Balaban J connectivity index is 2.22. The Hall–Kier alpha value is -0.330. The molecule has 3 nitrogen and oxygen atoms in total. The zero-order chi connectivity index (χ0) is 14.5. The average molecular weight is 465 g/mol. The number of amides is 1. The van der Waals surface area contributed by atoms with Gasteiger partial charge in [-0.2, -0.15) is 0 Å². The van der Waals surface area contributed by atoms with E-state index >= 15 is 0 Å². The van der Waals surface area contributed by atoms with Crippen LogP contribution in [0.25, 0.3) is 10.9 Å². The maximum absolute atomic E-state index is 11.9. The minimum absolute atomic E-state index is 0.0713. The predicted molar refractivity (Wildman–Crippen MR) is 91.6 cm³/mol. The summed E-state index contributed by atoms with van der Waals surface area (Å²) in [6, 6.07) is 8.14. The Morgan fingerprint density at radius 1 is 1.35 bits per heavy atom. The minimum Gasteiger partial charge on any atom is -0.356 e.